The highest BCUT2D eigenvalue weighted by Crippen LogP contribution is 2.24. The second kappa shape index (κ2) is 9.03. The lowest BCUT2D eigenvalue weighted by Crippen LogP contribution is -2.30. The summed E-state index contributed by atoms with van der Waals surface area (Å²) >= 11 is 1.64. The number of hydrogen-bond donors (Lipinski definition) is 1. The van der Waals surface area contributed by atoms with E-state index < -0.39 is 0 Å². The Labute approximate surface area is 175 Å². The van der Waals surface area contributed by atoms with Crippen molar-refractivity contribution < 1.29 is 0 Å². The Bertz CT molecular complexity index is 953. The average Bonchev–Trinajstić information content (AvgIpc) is 3.17. The maximum atomic E-state index is 13.2. The molecule has 3 aromatic rings. The lowest BCUT2D eigenvalue weighted by atomic mass is 9.97. The summed E-state index contributed by atoms with van der Waals surface area (Å²) in [6, 6.07) is 10.1. The zero-order valence-corrected chi connectivity index (χ0v) is 17.9. The fourth-order valence-corrected chi connectivity index (χ4v) is 4.51. The van der Waals surface area contributed by atoms with Crippen LogP contribution in [0.15, 0.2) is 35.1 Å². The van der Waals surface area contributed by atoms with Crippen molar-refractivity contribution in [2.24, 2.45) is 0 Å². The summed E-state index contributed by atoms with van der Waals surface area (Å²) in [6.07, 6.45) is 2.03. The number of rotatable bonds is 5. The lowest BCUT2D eigenvalue weighted by Gasteiger charge is -2.22. The first kappa shape index (κ1) is 20.8. The topological polar surface area (TPSA) is 64.7 Å². The molecule has 0 bridgehead atoms. The minimum Gasteiger partial charge on any atom is -0.317 e. The van der Waals surface area contributed by atoms with Crippen LogP contribution in [-0.2, 0) is 13.1 Å². The van der Waals surface area contributed by atoms with Crippen LogP contribution < -0.4 is 11.0 Å². The van der Waals surface area contributed by atoms with Crippen LogP contribution in [0, 0.1) is 13.8 Å². The molecular formula is C20H26ClN5OS. The van der Waals surface area contributed by atoms with E-state index in [1.54, 1.807) is 16.0 Å². The molecule has 0 aliphatic carbocycles. The summed E-state index contributed by atoms with van der Waals surface area (Å²) in [5, 5.41) is 9.10. The van der Waals surface area contributed by atoms with Crippen LogP contribution >= 0.6 is 23.7 Å². The van der Waals surface area contributed by atoms with Gasteiger partial charge in [0.25, 0.3) is 0 Å². The van der Waals surface area contributed by atoms with Gasteiger partial charge in [0.1, 0.15) is 10.8 Å². The monoisotopic (exact) mass is 419 g/mol. The van der Waals surface area contributed by atoms with Crippen molar-refractivity contribution in [3.8, 4) is 0 Å². The number of thiazole rings is 1. The Morgan fingerprint density at radius 1 is 1.14 bits per heavy atom. The molecule has 1 aliphatic rings. The molecule has 0 unspecified atom stereocenters. The molecule has 2 aromatic heterocycles. The first-order valence-electron chi connectivity index (χ1n) is 9.47. The quantitative estimate of drug-likeness (QED) is 0.690. The zero-order chi connectivity index (χ0) is 18.8. The van der Waals surface area contributed by atoms with E-state index in [0.29, 0.717) is 19.0 Å². The van der Waals surface area contributed by atoms with Crippen LogP contribution in [0.3, 0.4) is 0 Å². The van der Waals surface area contributed by atoms with Crippen LogP contribution in [0.5, 0.6) is 0 Å². The number of halogens is 1. The minimum absolute atomic E-state index is 0. The average molecular weight is 420 g/mol. The molecule has 1 saturated heterocycles. The predicted octanol–water partition coefficient (Wildman–Crippen LogP) is 3.10. The molecule has 1 aliphatic heterocycles. The highest BCUT2D eigenvalue weighted by atomic mass is 35.5. The van der Waals surface area contributed by atoms with Crippen LogP contribution in [0.25, 0.3) is 0 Å². The first-order chi connectivity index (χ1) is 13.1. The fraction of sp³-hybridized carbons (Fsp3) is 0.450. The fourth-order valence-electron chi connectivity index (χ4n) is 3.59. The molecule has 0 radical (unpaired) electrons. The molecule has 0 spiro atoms. The van der Waals surface area contributed by atoms with Crippen molar-refractivity contribution in [1.29, 1.82) is 0 Å². The number of hydrogen-bond acceptors (Lipinski definition) is 5. The highest BCUT2D eigenvalue weighted by Gasteiger charge is 2.24. The van der Waals surface area contributed by atoms with E-state index in [2.05, 4.69) is 29.4 Å². The standard InChI is InChI=1S/C20H25N5OS.ClH/c1-14-15(2)27-18(22-14)13-25-20(26)24(12-16-6-4-3-5-7-16)19(23-25)17-8-10-21-11-9-17;/h3-7,17,21H,8-13H2,1-2H3;1H. The second-order valence-electron chi connectivity index (χ2n) is 7.14. The summed E-state index contributed by atoms with van der Waals surface area (Å²) in [5.74, 6) is 1.24. The van der Waals surface area contributed by atoms with Gasteiger partial charge in [0, 0.05) is 10.8 Å². The van der Waals surface area contributed by atoms with Crippen LogP contribution in [0.2, 0.25) is 0 Å². The van der Waals surface area contributed by atoms with Gasteiger partial charge in [-0.2, -0.15) is 5.10 Å². The summed E-state index contributed by atoms with van der Waals surface area (Å²) < 4.78 is 3.46. The largest absolute Gasteiger partial charge is 0.346 e. The number of piperidine rings is 1. The van der Waals surface area contributed by atoms with E-state index in [1.807, 2.05) is 29.7 Å². The van der Waals surface area contributed by atoms with Crippen molar-refractivity contribution in [2.45, 2.75) is 45.7 Å². The Hall–Kier alpha value is -1.96. The summed E-state index contributed by atoms with van der Waals surface area (Å²) in [4.78, 5) is 18.9. The summed E-state index contributed by atoms with van der Waals surface area (Å²) in [5.41, 5.74) is 2.11. The van der Waals surface area contributed by atoms with E-state index in [0.717, 1.165) is 48.0 Å². The first-order valence-corrected chi connectivity index (χ1v) is 10.3. The van der Waals surface area contributed by atoms with Gasteiger partial charge in [-0.25, -0.2) is 14.5 Å². The lowest BCUT2D eigenvalue weighted by molar-refractivity contribution is 0.430. The van der Waals surface area contributed by atoms with Crippen LogP contribution in [-0.4, -0.2) is 32.4 Å². The van der Waals surface area contributed by atoms with Gasteiger partial charge in [0.15, 0.2) is 0 Å². The van der Waals surface area contributed by atoms with Gasteiger partial charge in [-0.3, -0.25) is 4.57 Å². The minimum atomic E-state index is -0.0436. The second-order valence-corrected chi connectivity index (χ2v) is 8.43. The number of benzene rings is 1. The molecule has 0 amide bonds. The molecule has 150 valence electrons. The predicted molar refractivity (Wildman–Crippen MR) is 115 cm³/mol. The van der Waals surface area contributed by atoms with Crippen LogP contribution in [0.1, 0.15) is 45.7 Å². The highest BCUT2D eigenvalue weighted by molar-refractivity contribution is 7.11. The van der Waals surface area contributed by atoms with Gasteiger partial charge >= 0.3 is 5.69 Å². The molecule has 1 N–H and O–H groups in total. The van der Waals surface area contributed by atoms with Crippen LogP contribution in [0.4, 0.5) is 0 Å². The third-order valence-electron chi connectivity index (χ3n) is 5.20. The Morgan fingerprint density at radius 2 is 1.86 bits per heavy atom. The van der Waals surface area contributed by atoms with Crippen molar-refractivity contribution in [2.75, 3.05) is 13.1 Å². The molecule has 1 fully saturated rings. The third kappa shape index (κ3) is 4.37. The molecule has 0 saturated carbocycles. The smallest absolute Gasteiger partial charge is 0.317 e. The van der Waals surface area contributed by atoms with Crippen molar-refractivity contribution in [3.05, 3.63) is 67.8 Å². The molecular weight excluding hydrogens is 394 g/mol. The molecule has 1 aromatic carbocycles. The molecule has 0 atom stereocenters. The van der Waals surface area contributed by atoms with E-state index in [4.69, 9.17) is 5.10 Å². The Balaban J connectivity index is 0.00000225. The normalized spacial score (nSPS) is 14.8. The number of nitrogens with one attached hydrogen (secondary N) is 1. The van der Waals surface area contributed by atoms with Gasteiger partial charge in [-0.15, -0.1) is 23.7 Å². The van der Waals surface area contributed by atoms with E-state index in [-0.39, 0.29) is 18.1 Å². The third-order valence-corrected chi connectivity index (χ3v) is 6.25. The molecule has 28 heavy (non-hydrogen) atoms. The molecule has 4 rings (SSSR count). The van der Waals surface area contributed by atoms with Crippen molar-refractivity contribution >= 4 is 23.7 Å². The number of aryl methyl sites for hydroxylation is 2. The zero-order valence-electron chi connectivity index (χ0n) is 16.2. The summed E-state index contributed by atoms with van der Waals surface area (Å²) in [6.45, 7) is 7.02. The van der Waals surface area contributed by atoms with E-state index >= 15 is 0 Å². The number of nitrogens with zero attached hydrogens (tertiary/aromatic N) is 4. The van der Waals surface area contributed by atoms with Gasteiger partial charge in [0.2, 0.25) is 0 Å². The maximum absolute atomic E-state index is 13.2. The van der Waals surface area contributed by atoms with Gasteiger partial charge < -0.3 is 5.32 Å². The number of aromatic nitrogens is 4. The summed E-state index contributed by atoms with van der Waals surface area (Å²) in [7, 11) is 0. The van der Waals surface area contributed by atoms with E-state index in [1.165, 1.54) is 4.88 Å². The molecule has 8 heteroatoms. The molecule has 3 heterocycles. The van der Waals surface area contributed by atoms with Gasteiger partial charge in [-0.1, -0.05) is 30.3 Å². The van der Waals surface area contributed by atoms with Gasteiger partial charge in [-0.05, 0) is 45.3 Å². The van der Waals surface area contributed by atoms with Gasteiger partial charge in [0.05, 0.1) is 18.8 Å². The van der Waals surface area contributed by atoms with E-state index in [9.17, 15) is 4.79 Å². The SMILES string of the molecule is Cc1nc(Cn2nc(C3CCNCC3)n(Cc3ccccc3)c2=O)sc1C.Cl. The Kier molecular flexibility index (Phi) is 6.69. The molecule has 6 nitrogen and oxygen atoms in total. The maximum Gasteiger partial charge on any atom is 0.346 e. The Morgan fingerprint density at radius 3 is 2.50 bits per heavy atom. The van der Waals surface area contributed by atoms with Crippen molar-refractivity contribution in [1.82, 2.24) is 24.6 Å². The van der Waals surface area contributed by atoms with Crippen molar-refractivity contribution in [3.63, 3.8) is 0 Å².